The van der Waals surface area contributed by atoms with Gasteiger partial charge in [-0.1, -0.05) is 47.5 Å². The SMILES string of the molecule is CN=C(c1cccc(C)c1)c1cccc(C)c1. The smallest absolute Gasteiger partial charge is 0.0715 e. The van der Waals surface area contributed by atoms with Crippen LogP contribution in [0.15, 0.2) is 53.5 Å². The molecule has 0 heterocycles. The van der Waals surface area contributed by atoms with Crippen LogP contribution in [0.2, 0.25) is 0 Å². The Morgan fingerprint density at radius 3 is 1.65 bits per heavy atom. The fourth-order valence-electron chi connectivity index (χ4n) is 2.01. The Balaban J connectivity index is 2.48. The van der Waals surface area contributed by atoms with E-state index in [1.54, 1.807) is 0 Å². The van der Waals surface area contributed by atoms with Crippen LogP contribution in [-0.2, 0) is 0 Å². The molecule has 1 nitrogen and oxygen atoms in total. The Morgan fingerprint density at radius 1 is 0.824 bits per heavy atom. The first-order valence-electron chi connectivity index (χ1n) is 5.81. The van der Waals surface area contributed by atoms with Gasteiger partial charge in [-0.2, -0.15) is 0 Å². The molecular formula is C16H17N. The summed E-state index contributed by atoms with van der Waals surface area (Å²) < 4.78 is 0. The molecule has 2 rings (SSSR count). The molecule has 0 aliphatic carbocycles. The van der Waals surface area contributed by atoms with Crippen molar-refractivity contribution in [2.45, 2.75) is 13.8 Å². The highest BCUT2D eigenvalue weighted by Crippen LogP contribution is 2.13. The molecule has 17 heavy (non-hydrogen) atoms. The van der Waals surface area contributed by atoms with Gasteiger partial charge in [-0.3, -0.25) is 4.99 Å². The van der Waals surface area contributed by atoms with E-state index in [-0.39, 0.29) is 0 Å². The lowest BCUT2D eigenvalue weighted by molar-refractivity contribution is 1.38. The van der Waals surface area contributed by atoms with Gasteiger partial charge >= 0.3 is 0 Å². The zero-order valence-corrected chi connectivity index (χ0v) is 10.6. The highest BCUT2D eigenvalue weighted by molar-refractivity contribution is 6.13. The van der Waals surface area contributed by atoms with Crippen LogP contribution < -0.4 is 0 Å². The molecule has 0 N–H and O–H groups in total. The summed E-state index contributed by atoms with van der Waals surface area (Å²) in [6.07, 6.45) is 0. The number of hydrogen-bond acceptors (Lipinski definition) is 1. The van der Waals surface area contributed by atoms with Crippen molar-refractivity contribution in [3.05, 3.63) is 70.8 Å². The van der Waals surface area contributed by atoms with E-state index < -0.39 is 0 Å². The fraction of sp³-hybridized carbons (Fsp3) is 0.188. The van der Waals surface area contributed by atoms with Crippen molar-refractivity contribution in [2.24, 2.45) is 4.99 Å². The Bertz CT molecular complexity index is 505. The van der Waals surface area contributed by atoms with Crippen LogP contribution in [-0.4, -0.2) is 12.8 Å². The second kappa shape index (κ2) is 4.96. The molecule has 0 unspecified atom stereocenters. The molecule has 0 saturated heterocycles. The molecule has 0 saturated carbocycles. The van der Waals surface area contributed by atoms with Gasteiger partial charge in [0.2, 0.25) is 0 Å². The molecule has 2 aromatic rings. The summed E-state index contributed by atoms with van der Waals surface area (Å²) >= 11 is 0. The van der Waals surface area contributed by atoms with Crippen molar-refractivity contribution in [3.63, 3.8) is 0 Å². The quantitative estimate of drug-likeness (QED) is 0.687. The van der Waals surface area contributed by atoms with Crippen molar-refractivity contribution in [2.75, 3.05) is 7.05 Å². The molecule has 1 heteroatoms. The average molecular weight is 223 g/mol. The minimum Gasteiger partial charge on any atom is -0.287 e. The second-order valence-corrected chi connectivity index (χ2v) is 4.31. The molecule has 2 aromatic carbocycles. The van der Waals surface area contributed by atoms with Crippen molar-refractivity contribution >= 4 is 5.71 Å². The number of benzene rings is 2. The van der Waals surface area contributed by atoms with Gasteiger partial charge in [0.05, 0.1) is 5.71 Å². The van der Waals surface area contributed by atoms with Gasteiger partial charge in [0.1, 0.15) is 0 Å². The molecule has 0 aliphatic heterocycles. The highest BCUT2D eigenvalue weighted by Gasteiger charge is 2.05. The van der Waals surface area contributed by atoms with Crippen LogP contribution in [0, 0.1) is 13.8 Å². The predicted octanol–water partition coefficient (Wildman–Crippen LogP) is 3.77. The third kappa shape index (κ3) is 2.62. The third-order valence-corrected chi connectivity index (χ3v) is 2.81. The zero-order chi connectivity index (χ0) is 12.3. The van der Waals surface area contributed by atoms with Crippen molar-refractivity contribution in [1.29, 1.82) is 0 Å². The molecule has 0 amide bonds. The van der Waals surface area contributed by atoms with E-state index in [1.165, 1.54) is 22.3 Å². The summed E-state index contributed by atoms with van der Waals surface area (Å²) in [6, 6.07) is 16.9. The fourth-order valence-corrected chi connectivity index (χ4v) is 2.01. The maximum Gasteiger partial charge on any atom is 0.0715 e. The topological polar surface area (TPSA) is 12.4 Å². The van der Waals surface area contributed by atoms with Gasteiger partial charge in [-0.05, 0) is 26.0 Å². The highest BCUT2D eigenvalue weighted by atomic mass is 14.7. The van der Waals surface area contributed by atoms with Crippen molar-refractivity contribution < 1.29 is 0 Å². The van der Waals surface area contributed by atoms with E-state index in [9.17, 15) is 0 Å². The van der Waals surface area contributed by atoms with Crippen molar-refractivity contribution in [1.82, 2.24) is 0 Å². The summed E-state index contributed by atoms with van der Waals surface area (Å²) in [5.41, 5.74) is 5.93. The monoisotopic (exact) mass is 223 g/mol. The molecule has 0 radical (unpaired) electrons. The Morgan fingerprint density at radius 2 is 1.29 bits per heavy atom. The van der Waals surface area contributed by atoms with E-state index in [2.05, 4.69) is 67.4 Å². The first kappa shape index (κ1) is 11.6. The van der Waals surface area contributed by atoms with Crippen LogP contribution >= 0.6 is 0 Å². The molecule has 0 aromatic heterocycles. The summed E-state index contributed by atoms with van der Waals surface area (Å²) in [4.78, 5) is 4.43. The summed E-state index contributed by atoms with van der Waals surface area (Å²) in [5, 5.41) is 0. The minimum atomic E-state index is 1.05. The van der Waals surface area contributed by atoms with Gasteiger partial charge in [0, 0.05) is 18.2 Å². The summed E-state index contributed by atoms with van der Waals surface area (Å²) in [6.45, 7) is 4.21. The minimum absolute atomic E-state index is 1.05. The molecule has 86 valence electrons. The van der Waals surface area contributed by atoms with E-state index in [4.69, 9.17) is 0 Å². The standard InChI is InChI=1S/C16H17N/c1-12-6-4-8-14(10-12)16(17-3)15-9-5-7-13(2)11-15/h4-11H,1-3H3. The van der Waals surface area contributed by atoms with Crippen LogP contribution in [0.1, 0.15) is 22.3 Å². The number of hydrogen-bond donors (Lipinski definition) is 0. The van der Waals surface area contributed by atoms with Gasteiger partial charge in [0.25, 0.3) is 0 Å². The van der Waals surface area contributed by atoms with Gasteiger partial charge < -0.3 is 0 Å². The van der Waals surface area contributed by atoms with E-state index in [0.717, 1.165) is 5.71 Å². The number of aryl methyl sites for hydroxylation is 2. The lowest BCUT2D eigenvalue weighted by atomic mass is 9.99. The Kier molecular flexibility index (Phi) is 3.38. The number of aliphatic imine (C=N–C) groups is 1. The van der Waals surface area contributed by atoms with Gasteiger partial charge in [0.15, 0.2) is 0 Å². The first-order chi connectivity index (χ1) is 8.20. The molecular weight excluding hydrogens is 206 g/mol. The first-order valence-corrected chi connectivity index (χ1v) is 5.81. The maximum atomic E-state index is 4.43. The van der Waals surface area contributed by atoms with Crippen LogP contribution in [0.5, 0.6) is 0 Å². The molecule has 0 bridgehead atoms. The van der Waals surface area contributed by atoms with Gasteiger partial charge in [-0.25, -0.2) is 0 Å². The number of rotatable bonds is 2. The molecule has 0 spiro atoms. The average Bonchev–Trinajstić information content (AvgIpc) is 2.30. The summed E-state index contributed by atoms with van der Waals surface area (Å²) in [7, 11) is 1.85. The molecule has 0 fully saturated rings. The van der Waals surface area contributed by atoms with Gasteiger partial charge in [-0.15, -0.1) is 0 Å². The lowest BCUT2D eigenvalue weighted by Gasteiger charge is -2.08. The van der Waals surface area contributed by atoms with E-state index >= 15 is 0 Å². The second-order valence-electron chi connectivity index (χ2n) is 4.31. The predicted molar refractivity (Wildman–Crippen MR) is 73.9 cm³/mol. The number of nitrogens with zero attached hydrogens (tertiary/aromatic N) is 1. The Labute approximate surface area is 103 Å². The normalized spacial score (nSPS) is 10.1. The van der Waals surface area contributed by atoms with Crippen LogP contribution in [0.3, 0.4) is 0 Å². The largest absolute Gasteiger partial charge is 0.287 e. The Hall–Kier alpha value is -1.89. The van der Waals surface area contributed by atoms with Crippen LogP contribution in [0.25, 0.3) is 0 Å². The van der Waals surface area contributed by atoms with E-state index in [1.807, 2.05) is 7.05 Å². The third-order valence-electron chi connectivity index (χ3n) is 2.81. The maximum absolute atomic E-state index is 4.43. The molecule has 0 aliphatic rings. The van der Waals surface area contributed by atoms with E-state index in [0.29, 0.717) is 0 Å². The van der Waals surface area contributed by atoms with Crippen LogP contribution in [0.4, 0.5) is 0 Å². The lowest BCUT2D eigenvalue weighted by Crippen LogP contribution is -2.03. The zero-order valence-electron chi connectivity index (χ0n) is 10.6. The molecule has 0 atom stereocenters. The summed E-state index contributed by atoms with van der Waals surface area (Å²) in [5.74, 6) is 0. The van der Waals surface area contributed by atoms with Crippen molar-refractivity contribution in [3.8, 4) is 0 Å².